The molecule has 2 N–H and O–H groups in total. The quantitative estimate of drug-likeness (QED) is 0.551. The van der Waals surface area contributed by atoms with Crippen molar-refractivity contribution in [1.29, 1.82) is 0 Å². The third kappa shape index (κ3) is 3.41. The Morgan fingerprint density at radius 2 is 1.73 bits per heavy atom. The van der Waals surface area contributed by atoms with Crippen LogP contribution in [0, 0.1) is 6.92 Å². The van der Waals surface area contributed by atoms with Gasteiger partial charge < -0.3 is 5.32 Å². The van der Waals surface area contributed by atoms with Gasteiger partial charge in [-0.3, -0.25) is 9.89 Å². The molecule has 0 aliphatic rings. The number of hydrogen-bond acceptors (Lipinski definition) is 4. The zero-order chi connectivity index (χ0) is 17.9. The Morgan fingerprint density at radius 3 is 2.42 bits per heavy atom. The molecule has 5 nitrogen and oxygen atoms in total. The van der Waals surface area contributed by atoms with E-state index in [0.29, 0.717) is 5.69 Å². The fourth-order valence-electron chi connectivity index (χ4n) is 2.61. The number of thiazole rings is 1. The second kappa shape index (κ2) is 6.93. The molecule has 0 saturated carbocycles. The van der Waals surface area contributed by atoms with Gasteiger partial charge in [0.2, 0.25) is 0 Å². The molecule has 0 aliphatic heterocycles. The van der Waals surface area contributed by atoms with Gasteiger partial charge in [0.05, 0.1) is 16.4 Å². The van der Waals surface area contributed by atoms with Crippen LogP contribution < -0.4 is 5.32 Å². The number of carbonyl (C=O) groups excluding carboxylic acids is 1. The Kier molecular flexibility index (Phi) is 4.33. The average molecular weight is 360 g/mol. The lowest BCUT2D eigenvalue weighted by molar-refractivity contribution is 0.102. The highest BCUT2D eigenvalue weighted by Crippen LogP contribution is 2.23. The van der Waals surface area contributed by atoms with Crippen LogP contribution in [0.25, 0.3) is 22.5 Å². The number of anilines is 1. The molecule has 0 fully saturated rings. The van der Waals surface area contributed by atoms with E-state index in [1.165, 1.54) is 0 Å². The number of aryl methyl sites for hydroxylation is 1. The van der Waals surface area contributed by atoms with Crippen LogP contribution in [0.4, 0.5) is 5.69 Å². The van der Waals surface area contributed by atoms with Crippen molar-refractivity contribution < 1.29 is 4.79 Å². The number of aromatic nitrogens is 3. The molecule has 0 spiro atoms. The van der Waals surface area contributed by atoms with Gasteiger partial charge in [-0.1, -0.05) is 42.5 Å². The first kappa shape index (κ1) is 16.2. The van der Waals surface area contributed by atoms with Gasteiger partial charge in [0.25, 0.3) is 5.91 Å². The van der Waals surface area contributed by atoms with E-state index in [1.54, 1.807) is 17.4 Å². The first-order valence-corrected chi connectivity index (χ1v) is 9.02. The highest BCUT2D eigenvalue weighted by atomic mass is 32.1. The SMILES string of the molecule is Cc1nc(-c2ccc(NC(=O)c3cc(-c4ccccc4)n[nH]3)cc2)cs1. The molecule has 128 valence electrons. The Labute approximate surface area is 154 Å². The minimum absolute atomic E-state index is 0.225. The summed E-state index contributed by atoms with van der Waals surface area (Å²) in [6, 6.07) is 19.1. The van der Waals surface area contributed by atoms with E-state index in [1.807, 2.05) is 66.9 Å². The summed E-state index contributed by atoms with van der Waals surface area (Å²) in [5.74, 6) is -0.225. The summed E-state index contributed by atoms with van der Waals surface area (Å²) in [4.78, 5) is 16.9. The summed E-state index contributed by atoms with van der Waals surface area (Å²) in [5, 5.41) is 12.9. The average Bonchev–Trinajstić information content (AvgIpc) is 3.32. The number of nitrogens with one attached hydrogen (secondary N) is 2. The largest absolute Gasteiger partial charge is 0.321 e. The zero-order valence-corrected chi connectivity index (χ0v) is 14.9. The third-order valence-electron chi connectivity index (χ3n) is 3.95. The molecule has 0 bridgehead atoms. The molecule has 1 amide bonds. The highest BCUT2D eigenvalue weighted by molar-refractivity contribution is 7.09. The number of aromatic amines is 1. The number of H-pyrrole nitrogens is 1. The number of benzene rings is 2. The molecule has 0 atom stereocenters. The molecule has 26 heavy (non-hydrogen) atoms. The van der Waals surface area contributed by atoms with Crippen molar-refractivity contribution in [1.82, 2.24) is 15.2 Å². The Hall–Kier alpha value is -3.25. The Morgan fingerprint density at radius 1 is 1.00 bits per heavy atom. The van der Waals surface area contributed by atoms with Gasteiger partial charge in [0.1, 0.15) is 5.69 Å². The van der Waals surface area contributed by atoms with Crippen molar-refractivity contribution in [2.75, 3.05) is 5.32 Å². The lowest BCUT2D eigenvalue weighted by Gasteiger charge is -2.04. The topological polar surface area (TPSA) is 70.7 Å². The smallest absolute Gasteiger partial charge is 0.273 e. The van der Waals surface area contributed by atoms with Crippen molar-refractivity contribution in [3.8, 4) is 22.5 Å². The summed E-state index contributed by atoms with van der Waals surface area (Å²) in [6.45, 7) is 1.98. The van der Waals surface area contributed by atoms with Crippen LogP contribution in [0.1, 0.15) is 15.5 Å². The third-order valence-corrected chi connectivity index (χ3v) is 4.72. The molecular formula is C20H16N4OS. The van der Waals surface area contributed by atoms with E-state index in [9.17, 15) is 4.79 Å². The summed E-state index contributed by atoms with van der Waals surface area (Å²) >= 11 is 1.62. The molecule has 0 unspecified atom stereocenters. The van der Waals surface area contributed by atoms with Gasteiger partial charge in [-0.25, -0.2) is 4.98 Å². The first-order chi connectivity index (χ1) is 12.7. The molecule has 0 saturated heterocycles. The van der Waals surface area contributed by atoms with Gasteiger partial charge in [-0.2, -0.15) is 5.10 Å². The molecule has 4 rings (SSSR count). The molecule has 2 aromatic carbocycles. The molecule has 6 heteroatoms. The molecule has 0 radical (unpaired) electrons. The Bertz CT molecular complexity index is 1040. The van der Waals surface area contributed by atoms with E-state index >= 15 is 0 Å². The van der Waals surface area contributed by atoms with Gasteiger partial charge in [0.15, 0.2) is 0 Å². The van der Waals surface area contributed by atoms with Gasteiger partial charge in [-0.15, -0.1) is 11.3 Å². The minimum Gasteiger partial charge on any atom is -0.321 e. The summed E-state index contributed by atoms with van der Waals surface area (Å²) < 4.78 is 0. The van der Waals surface area contributed by atoms with Crippen molar-refractivity contribution in [3.05, 3.63) is 76.7 Å². The van der Waals surface area contributed by atoms with Gasteiger partial charge in [0, 0.05) is 22.2 Å². The molecule has 2 heterocycles. The number of rotatable bonds is 4. The van der Waals surface area contributed by atoms with E-state index in [0.717, 1.165) is 33.2 Å². The second-order valence-corrected chi connectivity index (χ2v) is 6.88. The predicted molar refractivity (Wildman–Crippen MR) is 104 cm³/mol. The normalized spacial score (nSPS) is 10.7. The van der Waals surface area contributed by atoms with Gasteiger partial charge in [-0.05, 0) is 25.1 Å². The number of carbonyl (C=O) groups is 1. The van der Waals surface area contributed by atoms with Gasteiger partial charge >= 0.3 is 0 Å². The first-order valence-electron chi connectivity index (χ1n) is 8.14. The fraction of sp³-hybridized carbons (Fsp3) is 0.0500. The lowest BCUT2D eigenvalue weighted by atomic mass is 10.1. The van der Waals surface area contributed by atoms with Crippen LogP contribution in [0.15, 0.2) is 66.0 Å². The lowest BCUT2D eigenvalue weighted by Crippen LogP contribution is -2.12. The maximum absolute atomic E-state index is 12.4. The maximum atomic E-state index is 12.4. The number of amides is 1. The van der Waals surface area contributed by atoms with E-state index in [2.05, 4.69) is 20.5 Å². The second-order valence-electron chi connectivity index (χ2n) is 5.82. The summed E-state index contributed by atoms with van der Waals surface area (Å²) in [7, 11) is 0. The Balaban J connectivity index is 1.47. The summed E-state index contributed by atoms with van der Waals surface area (Å²) in [6.07, 6.45) is 0. The molecular weight excluding hydrogens is 344 g/mol. The number of nitrogens with zero attached hydrogens (tertiary/aromatic N) is 2. The molecule has 4 aromatic rings. The zero-order valence-electron chi connectivity index (χ0n) is 14.1. The van der Waals surface area contributed by atoms with E-state index in [-0.39, 0.29) is 5.91 Å². The standard InChI is InChI=1S/C20H16N4OS/c1-13-21-19(12-26-13)15-7-9-16(10-8-15)22-20(25)18-11-17(23-24-18)14-5-3-2-4-6-14/h2-12H,1H3,(H,22,25)(H,23,24). The highest BCUT2D eigenvalue weighted by Gasteiger charge is 2.11. The van der Waals surface area contributed by atoms with Crippen LogP contribution in [-0.4, -0.2) is 21.1 Å². The van der Waals surface area contributed by atoms with Crippen LogP contribution in [0.5, 0.6) is 0 Å². The van der Waals surface area contributed by atoms with E-state index in [4.69, 9.17) is 0 Å². The van der Waals surface area contributed by atoms with Crippen molar-refractivity contribution in [3.63, 3.8) is 0 Å². The maximum Gasteiger partial charge on any atom is 0.273 e. The predicted octanol–water partition coefficient (Wildman–Crippen LogP) is 4.76. The monoisotopic (exact) mass is 360 g/mol. The number of hydrogen-bond donors (Lipinski definition) is 2. The van der Waals surface area contributed by atoms with E-state index < -0.39 is 0 Å². The molecule has 0 aliphatic carbocycles. The van der Waals surface area contributed by atoms with Crippen LogP contribution >= 0.6 is 11.3 Å². The fourth-order valence-corrected chi connectivity index (χ4v) is 3.24. The van der Waals surface area contributed by atoms with Crippen molar-refractivity contribution in [2.45, 2.75) is 6.92 Å². The van der Waals surface area contributed by atoms with Crippen LogP contribution in [0.3, 0.4) is 0 Å². The molecule has 2 aromatic heterocycles. The van der Waals surface area contributed by atoms with Crippen molar-refractivity contribution >= 4 is 22.9 Å². The van der Waals surface area contributed by atoms with Crippen LogP contribution in [-0.2, 0) is 0 Å². The summed E-state index contributed by atoms with van der Waals surface area (Å²) in [5.41, 5.74) is 4.83. The van der Waals surface area contributed by atoms with Crippen LogP contribution in [0.2, 0.25) is 0 Å². The minimum atomic E-state index is -0.225. The van der Waals surface area contributed by atoms with Crippen molar-refractivity contribution in [2.24, 2.45) is 0 Å².